The minimum absolute atomic E-state index is 0.119. The molecule has 2 aromatic carbocycles. The van der Waals surface area contributed by atoms with E-state index in [0.717, 1.165) is 33.7 Å². The molecule has 0 fully saturated rings. The summed E-state index contributed by atoms with van der Waals surface area (Å²) in [7, 11) is 1.91. The second-order valence-electron chi connectivity index (χ2n) is 5.12. The van der Waals surface area contributed by atoms with E-state index in [1.807, 2.05) is 39.1 Å². The molecule has 1 unspecified atom stereocenters. The molecule has 106 valence electrons. The maximum atomic E-state index is 13.4. The fourth-order valence-electron chi connectivity index (χ4n) is 2.29. The molecule has 3 heteroatoms. The van der Waals surface area contributed by atoms with Gasteiger partial charge >= 0.3 is 0 Å². The molecule has 1 N–H and O–H groups in total. The quantitative estimate of drug-likeness (QED) is 0.868. The molecular weight excluding hydrogens is 273 g/mol. The third-order valence-electron chi connectivity index (χ3n) is 3.68. The highest BCUT2D eigenvalue weighted by Crippen LogP contribution is 2.25. The fourth-order valence-corrected chi connectivity index (χ4v) is 2.48. The van der Waals surface area contributed by atoms with Gasteiger partial charge in [-0.1, -0.05) is 29.8 Å². The van der Waals surface area contributed by atoms with Crippen molar-refractivity contribution in [1.82, 2.24) is 5.32 Å². The molecule has 0 aromatic heterocycles. The first-order chi connectivity index (χ1) is 9.51. The number of halogens is 2. The van der Waals surface area contributed by atoms with Crippen LogP contribution < -0.4 is 5.32 Å². The van der Waals surface area contributed by atoms with Crippen molar-refractivity contribution < 1.29 is 4.39 Å². The minimum atomic E-state index is -0.192. The lowest BCUT2D eigenvalue weighted by Crippen LogP contribution is -2.19. The number of rotatable bonds is 4. The van der Waals surface area contributed by atoms with Gasteiger partial charge in [0.25, 0.3) is 0 Å². The molecule has 0 aliphatic carbocycles. The minimum Gasteiger partial charge on any atom is -0.313 e. The van der Waals surface area contributed by atoms with Crippen LogP contribution in [-0.2, 0) is 6.42 Å². The van der Waals surface area contributed by atoms with Crippen LogP contribution in [0.25, 0.3) is 0 Å². The van der Waals surface area contributed by atoms with Crippen molar-refractivity contribution in [2.24, 2.45) is 0 Å². The Morgan fingerprint density at radius 1 is 1.10 bits per heavy atom. The van der Waals surface area contributed by atoms with Gasteiger partial charge in [-0.2, -0.15) is 0 Å². The normalized spacial score (nSPS) is 12.4. The van der Waals surface area contributed by atoms with Crippen LogP contribution in [0.5, 0.6) is 0 Å². The molecule has 1 nitrogen and oxygen atoms in total. The molecule has 0 radical (unpaired) electrons. The van der Waals surface area contributed by atoms with Crippen molar-refractivity contribution in [1.29, 1.82) is 0 Å². The summed E-state index contributed by atoms with van der Waals surface area (Å²) in [6.07, 6.45) is 0.736. The molecule has 20 heavy (non-hydrogen) atoms. The highest BCUT2D eigenvalue weighted by molar-refractivity contribution is 6.31. The average Bonchev–Trinajstić information content (AvgIpc) is 2.43. The largest absolute Gasteiger partial charge is 0.313 e. The van der Waals surface area contributed by atoms with Crippen LogP contribution in [0.2, 0.25) is 5.02 Å². The molecule has 2 rings (SSSR count). The molecule has 2 aromatic rings. The number of nitrogens with one attached hydrogen (secondary N) is 1. The lowest BCUT2D eigenvalue weighted by atomic mass is 9.95. The van der Waals surface area contributed by atoms with E-state index >= 15 is 0 Å². The van der Waals surface area contributed by atoms with Gasteiger partial charge in [-0.3, -0.25) is 0 Å². The van der Waals surface area contributed by atoms with Crippen LogP contribution in [0.4, 0.5) is 4.39 Å². The standard InChI is InChI=1S/C17H19ClFN/c1-11-5-7-15(19)8-14(11)10-17(20-3)13-6-4-12(2)16(18)9-13/h4-9,17,20H,10H2,1-3H3. The van der Waals surface area contributed by atoms with E-state index in [1.165, 1.54) is 6.07 Å². The number of aryl methyl sites for hydroxylation is 2. The Bertz CT molecular complexity index is 610. The summed E-state index contributed by atoms with van der Waals surface area (Å²) >= 11 is 6.19. The van der Waals surface area contributed by atoms with E-state index in [4.69, 9.17) is 11.6 Å². The Morgan fingerprint density at radius 3 is 2.45 bits per heavy atom. The van der Waals surface area contributed by atoms with Crippen LogP contribution in [0.15, 0.2) is 36.4 Å². The zero-order valence-electron chi connectivity index (χ0n) is 12.0. The van der Waals surface area contributed by atoms with E-state index in [1.54, 1.807) is 6.07 Å². The average molecular weight is 292 g/mol. The van der Waals surface area contributed by atoms with Gasteiger partial charge in [0.1, 0.15) is 5.82 Å². The third-order valence-corrected chi connectivity index (χ3v) is 4.09. The van der Waals surface area contributed by atoms with E-state index in [0.29, 0.717) is 0 Å². The fraction of sp³-hybridized carbons (Fsp3) is 0.294. The molecule has 0 saturated heterocycles. The van der Waals surface area contributed by atoms with Crippen molar-refractivity contribution in [3.8, 4) is 0 Å². The second kappa shape index (κ2) is 6.38. The first kappa shape index (κ1) is 15.0. The van der Waals surface area contributed by atoms with Crippen molar-refractivity contribution in [3.05, 3.63) is 69.5 Å². The number of hydrogen-bond donors (Lipinski definition) is 1. The van der Waals surface area contributed by atoms with E-state index in [2.05, 4.69) is 11.4 Å². The summed E-state index contributed by atoms with van der Waals surface area (Å²) in [5, 5.41) is 4.04. The molecule has 0 heterocycles. The second-order valence-corrected chi connectivity index (χ2v) is 5.53. The van der Waals surface area contributed by atoms with Crippen LogP contribution in [0, 0.1) is 19.7 Å². The first-order valence-electron chi connectivity index (χ1n) is 6.69. The monoisotopic (exact) mass is 291 g/mol. The van der Waals surface area contributed by atoms with Crippen LogP contribution in [0.1, 0.15) is 28.3 Å². The topological polar surface area (TPSA) is 12.0 Å². The summed E-state index contributed by atoms with van der Waals surface area (Å²) in [4.78, 5) is 0. The summed E-state index contributed by atoms with van der Waals surface area (Å²) in [5.41, 5.74) is 4.30. The van der Waals surface area contributed by atoms with E-state index in [9.17, 15) is 4.39 Å². The first-order valence-corrected chi connectivity index (χ1v) is 7.07. The highest BCUT2D eigenvalue weighted by Gasteiger charge is 2.13. The molecule has 0 saturated carbocycles. The SMILES string of the molecule is CNC(Cc1cc(F)ccc1C)c1ccc(C)c(Cl)c1. The Balaban J connectivity index is 2.28. The predicted molar refractivity (Wildman–Crippen MR) is 82.8 cm³/mol. The zero-order valence-corrected chi connectivity index (χ0v) is 12.8. The Kier molecular flexibility index (Phi) is 4.79. The van der Waals surface area contributed by atoms with Gasteiger partial charge in [-0.25, -0.2) is 4.39 Å². The Hall–Kier alpha value is -1.38. The predicted octanol–water partition coefficient (Wildman–Crippen LogP) is 4.60. The Morgan fingerprint density at radius 2 is 1.80 bits per heavy atom. The summed E-state index contributed by atoms with van der Waals surface area (Å²) in [6, 6.07) is 11.1. The number of hydrogen-bond acceptors (Lipinski definition) is 1. The van der Waals surface area contributed by atoms with Crippen molar-refractivity contribution in [2.45, 2.75) is 26.3 Å². The van der Waals surface area contributed by atoms with Crippen LogP contribution >= 0.6 is 11.6 Å². The molecule has 0 amide bonds. The van der Waals surface area contributed by atoms with Gasteiger partial charge in [0.15, 0.2) is 0 Å². The maximum absolute atomic E-state index is 13.4. The van der Waals surface area contributed by atoms with Crippen molar-refractivity contribution in [3.63, 3.8) is 0 Å². The van der Waals surface area contributed by atoms with Gasteiger partial charge < -0.3 is 5.32 Å². The smallest absolute Gasteiger partial charge is 0.123 e. The molecular formula is C17H19ClFN. The molecule has 0 bridgehead atoms. The van der Waals surface area contributed by atoms with Gasteiger partial charge in [0, 0.05) is 11.1 Å². The van der Waals surface area contributed by atoms with Crippen molar-refractivity contribution in [2.75, 3.05) is 7.05 Å². The lowest BCUT2D eigenvalue weighted by Gasteiger charge is -2.19. The number of benzene rings is 2. The zero-order chi connectivity index (χ0) is 14.7. The van der Waals surface area contributed by atoms with Gasteiger partial charge in [0.05, 0.1) is 0 Å². The van der Waals surface area contributed by atoms with Crippen LogP contribution in [0.3, 0.4) is 0 Å². The Labute approximate surface area is 124 Å². The van der Waals surface area contributed by atoms with Crippen LogP contribution in [-0.4, -0.2) is 7.05 Å². The lowest BCUT2D eigenvalue weighted by molar-refractivity contribution is 0.582. The molecule has 0 aliphatic rings. The summed E-state index contributed by atoms with van der Waals surface area (Å²) < 4.78 is 13.4. The highest BCUT2D eigenvalue weighted by atomic mass is 35.5. The molecule has 1 atom stereocenters. The number of likely N-dealkylation sites (N-methyl/N-ethyl adjacent to an activating group) is 1. The van der Waals surface area contributed by atoms with E-state index in [-0.39, 0.29) is 11.9 Å². The summed E-state index contributed by atoms with van der Waals surface area (Å²) in [6.45, 7) is 3.99. The maximum Gasteiger partial charge on any atom is 0.123 e. The summed E-state index contributed by atoms with van der Waals surface area (Å²) in [5.74, 6) is -0.192. The molecule has 0 aliphatic heterocycles. The van der Waals surface area contributed by atoms with E-state index < -0.39 is 0 Å². The van der Waals surface area contributed by atoms with Gasteiger partial charge in [0.2, 0.25) is 0 Å². The van der Waals surface area contributed by atoms with Gasteiger partial charge in [-0.15, -0.1) is 0 Å². The van der Waals surface area contributed by atoms with Crippen molar-refractivity contribution >= 4 is 11.6 Å². The molecule has 0 spiro atoms. The van der Waals surface area contributed by atoms with Gasteiger partial charge in [-0.05, 0) is 67.8 Å². The third kappa shape index (κ3) is 3.38.